The summed E-state index contributed by atoms with van der Waals surface area (Å²) in [6.45, 7) is 0.336. The molecule has 0 spiro atoms. The highest BCUT2D eigenvalue weighted by Crippen LogP contribution is 2.22. The number of amides is 1. The summed E-state index contributed by atoms with van der Waals surface area (Å²) in [5.41, 5.74) is 2.04. The van der Waals surface area contributed by atoms with Crippen LogP contribution in [0.5, 0.6) is 0 Å². The molecule has 0 aliphatic carbocycles. The highest BCUT2D eigenvalue weighted by Gasteiger charge is 2.22. The van der Waals surface area contributed by atoms with E-state index in [0.717, 1.165) is 12.0 Å². The molecule has 1 aromatic carbocycles. The van der Waals surface area contributed by atoms with Crippen molar-refractivity contribution in [2.45, 2.75) is 12.8 Å². The van der Waals surface area contributed by atoms with Crippen molar-refractivity contribution in [3.8, 4) is 0 Å². The van der Waals surface area contributed by atoms with Crippen LogP contribution < -0.4 is 4.90 Å². The summed E-state index contributed by atoms with van der Waals surface area (Å²) in [7, 11) is 0. The number of anilines is 1. The summed E-state index contributed by atoms with van der Waals surface area (Å²) in [5, 5.41) is 3.81. The van der Waals surface area contributed by atoms with Gasteiger partial charge in [0.2, 0.25) is 5.91 Å². The highest BCUT2D eigenvalue weighted by molar-refractivity contribution is 7.08. The number of rotatable bonds is 6. The van der Waals surface area contributed by atoms with Crippen LogP contribution in [-0.4, -0.2) is 30.8 Å². The number of esters is 1. The van der Waals surface area contributed by atoms with Crippen molar-refractivity contribution in [1.82, 2.24) is 0 Å². The lowest BCUT2D eigenvalue weighted by atomic mass is 10.1. The third kappa shape index (κ3) is 4.42. The lowest BCUT2D eigenvalue weighted by molar-refractivity contribution is -0.136. The average Bonchev–Trinajstić information content (AvgIpc) is 3.29. The van der Waals surface area contributed by atoms with E-state index in [0.29, 0.717) is 24.2 Å². The van der Waals surface area contributed by atoms with Gasteiger partial charge in [-0.1, -0.05) is 12.1 Å². The van der Waals surface area contributed by atoms with E-state index in [-0.39, 0.29) is 18.3 Å². The fraction of sp³-hybridized carbons (Fsp3) is 0.211. The summed E-state index contributed by atoms with van der Waals surface area (Å²) in [6.07, 6.45) is 4.30. The van der Waals surface area contributed by atoms with Gasteiger partial charge in [-0.05, 0) is 47.0 Å². The summed E-state index contributed by atoms with van der Waals surface area (Å²) >= 11 is 1.53. The second kappa shape index (κ2) is 7.90. The van der Waals surface area contributed by atoms with Gasteiger partial charge in [0.15, 0.2) is 12.4 Å². The SMILES string of the molecule is O=C(/C=C/c1ccsc1)OCC(=O)c1cccc(N2CCCC2=O)c1. The third-order valence-electron chi connectivity index (χ3n) is 3.85. The largest absolute Gasteiger partial charge is 0.454 e. The van der Waals surface area contributed by atoms with Gasteiger partial charge in [0.25, 0.3) is 0 Å². The van der Waals surface area contributed by atoms with Crippen molar-refractivity contribution in [2.75, 3.05) is 18.1 Å². The van der Waals surface area contributed by atoms with E-state index in [4.69, 9.17) is 4.74 Å². The quantitative estimate of drug-likeness (QED) is 0.453. The topological polar surface area (TPSA) is 63.7 Å². The number of ketones is 1. The Balaban J connectivity index is 1.58. The summed E-state index contributed by atoms with van der Waals surface area (Å²) in [6, 6.07) is 8.73. The van der Waals surface area contributed by atoms with Crippen LogP contribution in [0.2, 0.25) is 0 Å². The lowest BCUT2D eigenvalue weighted by Gasteiger charge is -2.16. The Morgan fingerprint density at radius 1 is 1.28 bits per heavy atom. The molecule has 2 heterocycles. The molecule has 1 amide bonds. The van der Waals surface area contributed by atoms with Crippen molar-refractivity contribution in [3.05, 3.63) is 58.3 Å². The molecule has 1 aromatic heterocycles. The minimum Gasteiger partial charge on any atom is -0.454 e. The van der Waals surface area contributed by atoms with Gasteiger partial charge in [-0.2, -0.15) is 11.3 Å². The molecular formula is C19H17NO4S. The first kappa shape index (κ1) is 17.1. The number of thiophene rings is 1. The van der Waals surface area contributed by atoms with E-state index >= 15 is 0 Å². The zero-order valence-corrected chi connectivity index (χ0v) is 14.3. The van der Waals surface area contributed by atoms with Crippen molar-refractivity contribution in [1.29, 1.82) is 0 Å². The molecule has 6 heteroatoms. The molecule has 128 valence electrons. The van der Waals surface area contributed by atoms with Gasteiger partial charge in [-0.25, -0.2) is 4.79 Å². The van der Waals surface area contributed by atoms with Crippen LogP contribution >= 0.6 is 11.3 Å². The molecule has 1 fully saturated rings. The molecule has 3 rings (SSSR count). The zero-order chi connectivity index (χ0) is 17.6. The first-order valence-corrected chi connectivity index (χ1v) is 8.88. The van der Waals surface area contributed by atoms with Crippen LogP contribution in [0.15, 0.2) is 47.2 Å². The molecule has 0 radical (unpaired) electrons. The maximum Gasteiger partial charge on any atom is 0.331 e. The number of hydrogen-bond acceptors (Lipinski definition) is 5. The molecule has 0 atom stereocenters. The minimum absolute atomic E-state index is 0.0644. The fourth-order valence-corrected chi connectivity index (χ4v) is 3.20. The van der Waals surface area contributed by atoms with Crippen LogP contribution in [0.3, 0.4) is 0 Å². The standard InChI is InChI=1S/C19H17NO4S/c21-17(12-24-19(23)7-6-14-8-10-25-13-14)15-3-1-4-16(11-15)20-9-2-5-18(20)22/h1,3-4,6-8,10-11,13H,2,5,9,12H2/b7-6+. The van der Waals surface area contributed by atoms with E-state index in [1.807, 2.05) is 16.8 Å². The fourth-order valence-electron chi connectivity index (χ4n) is 2.57. The van der Waals surface area contributed by atoms with Crippen molar-refractivity contribution >= 4 is 40.8 Å². The minimum atomic E-state index is -0.564. The van der Waals surface area contributed by atoms with E-state index in [1.54, 1.807) is 35.2 Å². The smallest absolute Gasteiger partial charge is 0.331 e. The number of ether oxygens (including phenoxy) is 1. The van der Waals surface area contributed by atoms with Gasteiger partial charge in [-0.3, -0.25) is 9.59 Å². The molecule has 0 unspecified atom stereocenters. The van der Waals surface area contributed by atoms with E-state index in [9.17, 15) is 14.4 Å². The molecule has 0 saturated carbocycles. The van der Waals surface area contributed by atoms with E-state index in [2.05, 4.69) is 0 Å². The van der Waals surface area contributed by atoms with Gasteiger partial charge in [0.1, 0.15) is 0 Å². The number of Topliss-reactive ketones (excluding diaryl/α,β-unsaturated/α-hetero) is 1. The number of nitrogens with zero attached hydrogens (tertiary/aromatic N) is 1. The molecule has 2 aromatic rings. The Bertz CT molecular complexity index is 811. The average molecular weight is 355 g/mol. The molecule has 25 heavy (non-hydrogen) atoms. The molecule has 1 aliphatic rings. The summed E-state index contributed by atoms with van der Waals surface area (Å²) in [5.74, 6) is -0.800. The van der Waals surface area contributed by atoms with Gasteiger partial charge in [0, 0.05) is 30.3 Å². The monoisotopic (exact) mass is 355 g/mol. The lowest BCUT2D eigenvalue weighted by Crippen LogP contribution is -2.24. The normalized spacial score (nSPS) is 14.2. The zero-order valence-electron chi connectivity index (χ0n) is 13.5. The van der Waals surface area contributed by atoms with Crippen LogP contribution in [0.1, 0.15) is 28.8 Å². The summed E-state index contributed by atoms with van der Waals surface area (Å²) in [4.78, 5) is 37.4. The second-order valence-electron chi connectivity index (χ2n) is 5.62. The first-order chi connectivity index (χ1) is 12.1. The van der Waals surface area contributed by atoms with E-state index in [1.165, 1.54) is 17.4 Å². The van der Waals surface area contributed by atoms with Crippen LogP contribution in [0.4, 0.5) is 5.69 Å². The van der Waals surface area contributed by atoms with Crippen LogP contribution in [-0.2, 0) is 14.3 Å². The molecule has 5 nitrogen and oxygen atoms in total. The number of carbonyl (C=O) groups is 3. The second-order valence-corrected chi connectivity index (χ2v) is 6.40. The number of benzene rings is 1. The summed E-state index contributed by atoms with van der Waals surface area (Å²) < 4.78 is 4.99. The number of hydrogen-bond donors (Lipinski definition) is 0. The van der Waals surface area contributed by atoms with Gasteiger partial charge in [0.05, 0.1) is 0 Å². The van der Waals surface area contributed by atoms with Crippen molar-refractivity contribution in [3.63, 3.8) is 0 Å². The molecule has 0 bridgehead atoms. The molecule has 0 N–H and O–H groups in total. The number of carbonyl (C=O) groups excluding carboxylic acids is 3. The first-order valence-electron chi connectivity index (χ1n) is 7.94. The Hall–Kier alpha value is -2.73. The predicted molar refractivity (Wildman–Crippen MR) is 96.7 cm³/mol. The van der Waals surface area contributed by atoms with Gasteiger partial charge < -0.3 is 9.64 Å². The Morgan fingerprint density at radius 3 is 2.88 bits per heavy atom. The Morgan fingerprint density at radius 2 is 2.16 bits per heavy atom. The highest BCUT2D eigenvalue weighted by atomic mass is 32.1. The molecular weight excluding hydrogens is 338 g/mol. The molecule has 1 aliphatic heterocycles. The predicted octanol–water partition coefficient (Wildman–Crippen LogP) is 3.31. The van der Waals surface area contributed by atoms with Crippen LogP contribution in [0, 0.1) is 0 Å². The Kier molecular flexibility index (Phi) is 5.40. The maximum atomic E-state index is 12.2. The maximum absolute atomic E-state index is 12.2. The third-order valence-corrected chi connectivity index (χ3v) is 4.56. The molecule has 1 saturated heterocycles. The van der Waals surface area contributed by atoms with Crippen LogP contribution in [0.25, 0.3) is 6.08 Å². The Labute approximate surface area is 149 Å². The van der Waals surface area contributed by atoms with Gasteiger partial charge >= 0.3 is 5.97 Å². The van der Waals surface area contributed by atoms with Crippen molar-refractivity contribution < 1.29 is 19.1 Å². The van der Waals surface area contributed by atoms with E-state index < -0.39 is 5.97 Å². The van der Waals surface area contributed by atoms with Crippen molar-refractivity contribution in [2.24, 2.45) is 0 Å². The van der Waals surface area contributed by atoms with Gasteiger partial charge in [-0.15, -0.1) is 0 Å².